The Morgan fingerprint density at radius 2 is 1.31 bits per heavy atom. The van der Waals surface area contributed by atoms with Crippen LogP contribution < -0.4 is 9.47 Å². The molecule has 1 heterocycles. The molecule has 176 valence electrons. The first-order valence-electron chi connectivity index (χ1n) is 11.5. The van der Waals surface area contributed by atoms with E-state index >= 15 is 0 Å². The van der Waals surface area contributed by atoms with Crippen molar-refractivity contribution >= 4 is 5.78 Å². The smallest absolute Gasteiger partial charge is 0.299 e. The molecule has 0 amide bonds. The van der Waals surface area contributed by atoms with Crippen LogP contribution in [-0.2, 0) is 15.6 Å². The summed E-state index contributed by atoms with van der Waals surface area (Å²) in [5.74, 6) is -0.666. The maximum Gasteiger partial charge on any atom is 0.299 e. The van der Waals surface area contributed by atoms with Crippen LogP contribution in [0.4, 0.5) is 0 Å². The molecule has 4 heteroatoms. The number of carbonyl (C=O) groups excluding carboxylic acids is 1. The lowest BCUT2D eigenvalue weighted by molar-refractivity contribution is -0.117. The molecule has 0 radical (unpaired) electrons. The number of benzene rings is 1. The minimum atomic E-state index is -1.36. The van der Waals surface area contributed by atoms with Crippen LogP contribution in [-0.4, -0.2) is 16.7 Å². The number of rotatable bonds is 0. The van der Waals surface area contributed by atoms with Crippen molar-refractivity contribution in [3.05, 3.63) is 46.2 Å². The van der Waals surface area contributed by atoms with Crippen molar-refractivity contribution in [1.29, 1.82) is 0 Å². The average Bonchev–Trinajstić information content (AvgIpc) is 2.91. The zero-order valence-corrected chi connectivity index (χ0v) is 21.9. The molecule has 1 aliphatic carbocycles. The molecule has 0 aromatic heterocycles. The van der Waals surface area contributed by atoms with E-state index in [0.717, 1.165) is 11.1 Å². The van der Waals surface area contributed by atoms with Gasteiger partial charge in [0.2, 0.25) is 5.78 Å². The van der Waals surface area contributed by atoms with E-state index in [0.29, 0.717) is 22.6 Å². The van der Waals surface area contributed by atoms with Crippen molar-refractivity contribution in [2.24, 2.45) is 10.8 Å². The number of ether oxygens (including phenoxy) is 2. The number of allylic oxidation sites excluding steroid dienone is 1. The topological polar surface area (TPSA) is 55.8 Å². The van der Waals surface area contributed by atoms with Crippen LogP contribution in [0.15, 0.2) is 35.1 Å². The van der Waals surface area contributed by atoms with E-state index in [2.05, 4.69) is 47.6 Å². The van der Waals surface area contributed by atoms with Crippen LogP contribution in [0.3, 0.4) is 0 Å². The minimum absolute atomic E-state index is 0.0755. The van der Waals surface area contributed by atoms with Crippen molar-refractivity contribution in [2.45, 2.75) is 99.7 Å². The molecule has 3 rings (SSSR count). The highest BCUT2D eigenvalue weighted by molar-refractivity contribution is 6.09. The van der Waals surface area contributed by atoms with Gasteiger partial charge in [-0.3, -0.25) is 4.79 Å². The third-order valence-electron chi connectivity index (χ3n) is 6.18. The summed E-state index contributed by atoms with van der Waals surface area (Å²) in [6, 6.07) is 4.24. The highest BCUT2D eigenvalue weighted by atomic mass is 16.7. The second kappa shape index (κ2) is 6.88. The number of ketones is 1. The lowest BCUT2D eigenvalue weighted by atomic mass is 9.71. The van der Waals surface area contributed by atoms with E-state index in [-0.39, 0.29) is 22.4 Å². The standard InChI is InChI=1S/C28H40O4/c1-24(2,3)16-13-17(25(4,5)6)22-19(14-16)31-28(32-22)15-18(26(7,8)9)20(29)21(30)23(28)27(10,11)12/h13-15,30H,1-12H3. The second-order valence-electron chi connectivity index (χ2n) is 13.3. The summed E-state index contributed by atoms with van der Waals surface area (Å²) in [4.78, 5) is 13.2. The molecular weight excluding hydrogens is 400 g/mol. The minimum Gasteiger partial charge on any atom is -0.504 e. The lowest BCUT2D eigenvalue weighted by Crippen LogP contribution is -2.48. The van der Waals surface area contributed by atoms with Crippen LogP contribution in [0, 0.1) is 10.8 Å². The molecular formula is C28H40O4. The van der Waals surface area contributed by atoms with E-state index in [9.17, 15) is 9.90 Å². The van der Waals surface area contributed by atoms with Gasteiger partial charge in [-0.05, 0) is 33.3 Å². The predicted octanol–water partition coefficient (Wildman–Crippen LogP) is 7.16. The number of hydrogen-bond donors (Lipinski definition) is 1. The average molecular weight is 441 g/mol. The highest BCUT2D eigenvalue weighted by Crippen LogP contribution is 2.55. The van der Waals surface area contributed by atoms with Crippen molar-refractivity contribution in [2.75, 3.05) is 0 Å². The molecule has 1 aliphatic heterocycles. The van der Waals surface area contributed by atoms with E-state index in [1.807, 2.05) is 47.6 Å². The summed E-state index contributed by atoms with van der Waals surface area (Å²) in [5, 5.41) is 11.2. The first-order valence-corrected chi connectivity index (χ1v) is 11.5. The summed E-state index contributed by atoms with van der Waals surface area (Å²) in [6.07, 6.45) is 1.79. The van der Waals surface area contributed by atoms with E-state index in [1.54, 1.807) is 6.08 Å². The first kappa shape index (κ1) is 24.4. The summed E-state index contributed by atoms with van der Waals surface area (Å²) >= 11 is 0. The number of carbonyl (C=O) groups is 1. The summed E-state index contributed by atoms with van der Waals surface area (Å²) < 4.78 is 13.3. The fourth-order valence-electron chi connectivity index (χ4n) is 4.44. The normalized spacial score (nSPS) is 22.0. The Hall–Kier alpha value is -2.23. The quantitative estimate of drug-likeness (QED) is 0.465. The van der Waals surface area contributed by atoms with Gasteiger partial charge >= 0.3 is 0 Å². The van der Waals surface area contributed by atoms with Gasteiger partial charge in [0.1, 0.15) is 0 Å². The molecule has 1 aromatic carbocycles. The third-order valence-corrected chi connectivity index (χ3v) is 6.18. The van der Waals surface area contributed by atoms with Gasteiger partial charge in [-0.15, -0.1) is 0 Å². The van der Waals surface area contributed by atoms with E-state index < -0.39 is 16.6 Å². The van der Waals surface area contributed by atoms with Crippen LogP contribution in [0.2, 0.25) is 0 Å². The number of fused-ring (bicyclic) bond motifs is 1. The van der Waals surface area contributed by atoms with Crippen LogP contribution in [0.25, 0.3) is 0 Å². The molecule has 0 fully saturated rings. The fourth-order valence-corrected chi connectivity index (χ4v) is 4.44. The van der Waals surface area contributed by atoms with Crippen molar-refractivity contribution in [3.8, 4) is 11.5 Å². The summed E-state index contributed by atoms with van der Waals surface area (Å²) in [5.41, 5.74) is 1.85. The lowest BCUT2D eigenvalue weighted by Gasteiger charge is -2.40. The zero-order valence-electron chi connectivity index (χ0n) is 21.9. The van der Waals surface area contributed by atoms with Crippen LogP contribution in [0.5, 0.6) is 11.5 Å². The first-order chi connectivity index (χ1) is 14.2. The van der Waals surface area contributed by atoms with Gasteiger partial charge in [0.05, 0.1) is 5.57 Å². The monoisotopic (exact) mass is 440 g/mol. The Balaban J connectivity index is 2.34. The van der Waals surface area contributed by atoms with Gasteiger partial charge < -0.3 is 14.6 Å². The molecule has 4 nitrogen and oxygen atoms in total. The summed E-state index contributed by atoms with van der Waals surface area (Å²) in [6.45, 7) is 24.8. The maximum absolute atomic E-state index is 13.2. The molecule has 1 aromatic rings. The fraction of sp³-hybridized carbons (Fsp3) is 0.607. The Bertz CT molecular complexity index is 1030. The van der Waals surface area contributed by atoms with Gasteiger partial charge in [0.25, 0.3) is 5.79 Å². The molecule has 0 bridgehead atoms. The molecule has 0 saturated carbocycles. The number of aliphatic hydroxyl groups is 1. The van der Waals surface area contributed by atoms with E-state index in [4.69, 9.17) is 9.47 Å². The molecule has 2 aliphatic rings. The van der Waals surface area contributed by atoms with Crippen molar-refractivity contribution < 1.29 is 19.4 Å². The Morgan fingerprint density at radius 1 is 0.750 bits per heavy atom. The van der Waals surface area contributed by atoms with Crippen LogP contribution >= 0.6 is 0 Å². The number of hydrogen-bond acceptors (Lipinski definition) is 4. The largest absolute Gasteiger partial charge is 0.504 e. The molecule has 32 heavy (non-hydrogen) atoms. The zero-order chi connectivity index (χ0) is 24.7. The maximum atomic E-state index is 13.2. The Kier molecular flexibility index (Phi) is 5.25. The SMILES string of the molecule is CC(C)(C)C1=CC2(Oc3cc(C(C)(C)C)cc(C(C)(C)C)c3O2)C(C(C)(C)C)=C(O)C1=O. The van der Waals surface area contributed by atoms with Gasteiger partial charge in [0, 0.05) is 17.2 Å². The van der Waals surface area contributed by atoms with E-state index in [1.165, 1.54) is 0 Å². The third kappa shape index (κ3) is 3.97. The molecule has 1 spiro atoms. The second-order valence-corrected chi connectivity index (χ2v) is 13.3. The summed E-state index contributed by atoms with van der Waals surface area (Å²) in [7, 11) is 0. The molecule has 0 saturated heterocycles. The highest BCUT2D eigenvalue weighted by Gasteiger charge is 2.55. The molecule has 1 unspecified atom stereocenters. The van der Waals surface area contributed by atoms with Gasteiger partial charge in [-0.1, -0.05) is 89.2 Å². The van der Waals surface area contributed by atoms with Gasteiger partial charge in [-0.2, -0.15) is 0 Å². The number of Topliss-reactive ketones (excluding diaryl/α,β-unsaturated/α-hetero) is 1. The Labute approximate surface area is 193 Å². The number of aliphatic hydroxyl groups excluding tert-OH is 1. The van der Waals surface area contributed by atoms with Crippen LogP contribution in [0.1, 0.15) is 94.2 Å². The predicted molar refractivity (Wildman–Crippen MR) is 129 cm³/mol. The van der Waals surface area contributed by atoms with Gasteiger partial charge in [0.15, 0.2) is 17.3 Å². The van der Waals surface area contributed by atoms with Crippen molar-refractivity contribution in [1.82, 2.24) is 0 Å². The molecule has 1 atom stereocenters. The molecule has 1 N–H and O–H groups in total. The Morgan fingerprint density at radius 3 is 1.75 bits per heavy atom. The van der Waals surface area contributed by atoms with Crippen molar-refractivity contribution in [3.63, 3.8) is 0 Å². The van der Waals surface area contributed by atoms with Gasteiger partial charge in [-0.25, -0.2) is 0 Å².